The first-order valence-electron chi connectivity index (χ1n) is 3.42. The molecule has 0 aromatic heterocycles. The predicted octanol–water partition coefficient (Wildman–Crippen LogP) is -2.61. The van der Waals surface area contributed by atoms with Crippen LogP contribution in [0, 0.1) is 0 Å². The summed E-state index contributed by atoms with van der Waals surface area (Å²) in [6, 6.07) is 0. The summed E-state index contributed by atoms with van der Waals surface area (Å²) in [4.78, 5) is 8.83. The van der Waals surface area contributed by atoms with Crippen molar-refractivity contribution in [2.45, 2.75) is 25.7 Å². The smallest absolute Gasteiger partial charge is 0.745 e. The quantitative estimate of drug-likeness (QED) is 0.236. The van der Waals surface area contributed by atoms with Gasteiger partial charge in [-0.05, 0) is 20.8 Å². The number of hydrogen-bond acceptors (Lipinski definition) is 5. The van der Waals surface area contributed by atoms with Gasteiger partial charge in [-0.1, -0.05) is 6.58 Å². The molecule has 14 heavy (non-hydrogen) atoms. The van der Waals surface area contributed by atoms with Crippen LogP contribution in [0.4, 0.5) is 0 Å². The summed E-state index contributed by atoms with van der Waals surface area (Å²) in [6.07, 6.45) is 0. The van der Waals surface area contributed by atoms with Gasteiger partial charge < -0.3 is 9.29 Å². The number of ether oxygens (including phenoxy) is 1. The molecule has 0 atom stereocenters. The second kappa shape index (κ2) is 5.74. The van der Waals surface area contributed by atoms with E-state index in [4.69, 9.17) is 0 Å². The standard InChI is InChI=1S/C7H12O5S.K/c1-5(2)6(8)12-7(3,4)13(9,10)11;/h1H2,2-4H3,(H,9,10,11);/q;+1/p-1. The number of hydrogen-bond donors (Lipinski definition) is 0. The summed E-state index contributed by atoms with van der Waals surface area (Å²) in [5.41, 5.74) is 0.0386. The normalized spacial score (nSPS) is 11.4. The Labute approximate surface area is 126 Å². The zero-order valence-corrected chi connectivity index (χ0v) is 12.6. The van der Waals surface area contributed by atoms with E-state index in [1.807, 2.05) is 0 Å². The van der Waals surface area contributed by atoms with Crippen molar-refractivity contribution in [2.75, 3.05) is 0 Å². The van der Waals surface area contributed by atoms with Gasteiger partial charge in [-0.2, -0.15) is 0 Å². The molecule has 76 valence electrons. The Morgan fingerprint density at radius 1 is 1.43 bits per heavy atom. The third-order valence-corrected chi connectivity index (χ3v) is 2.58. The molecule has 0 fully saturated rings. The van der Waals surface area contributed by atoms with Gasteiger partial charge in [0.2, 0.25) is 0 Å². The minimum Gasteiger partial charge on any atom is -0.745 e. The number of esters is 1. The molecule has 0 amide bonds. The molecule has 0 spiro atoms. The molecule has 0 aliphatic carbocycles. The summed E-state index contributed by atoms with van der Waals surface area (Å²) in [5.74, 6) is -0.899. The molecule has 7 heteroatoms. The molecule has 0 aromatic carbocycles. The maximum atomic E-state index is 10.9. The molecule has 0 saturated carbocycles. The average molecular weight is 246 g/mol. The fourth-order valence-corrected chi connectivity index (χ4v) is 0.539. The molecule has 0 saturated heterocycles. The monoisotopic (exact) mass is 246 g/mol. The first-order valence-corrected chi connectivity index (χ1v) is 4.83. The Bertz CT molecular complexity index is 330. The summed E-state index contributed by atoms with van der Waals surface area (Å²) >= 11 is 0. The first-order chi connectivity index (χ1) is 5.58. The number of carbonyl (C=O) groups is 1. The molecule has 0 rings (SSSR count). The van der Waals surface area contributed by atoms with Crippen molar-refractivity contribution < 1.29 is 73.9 Å². The van der Waals surface area contributed by atoms with Gasteiger partial charge in [0.25, 0.3) is 0 Å². The minimum atomic E-state index is -4.67. The molecular weight excluding hydrogens is 235 g/mol. The van der Waals surface area contributed by atoms with Gasteiger partial charge in [0.05, 0.1) is 0 Å². The van der Waals surface area contributed by atoms with E-state index in [2.05, 4.69) is 11.3 Å². The molecular formula is C7H11KO5S. The molecule has 0 aliphatic rings. The Morgan fingerprint density at radius 3 is 2.00 bits per heavy atom. The van der Waals surface area contributed by atoms with Gasteiger partial charge >= 0.3 is 57.4 Å². The molecule has 0 aromatic rings. The molecule has 0 aliphatic heterocycles. The molecule has 0 unspecified atom stereocenters. The largest absolute Gasteiger partial charge is 1.00 e. The van der Waals surface area contributed by atoms with E-state index in [0.717, 1.165) is 13.8 Å². The van der Waals surface area contributed by atoms with Crippen LogP contribution in [-0.4, -0.2) is 23.9 Å². The van der Waals surface area contributed by atoms with E-state index in [1.54, 1.807) is 0 Å². The Hall–Kier alpha value is 0.756. The van der Waals surface area contributed by atoms with E-state index in [-0.39, 0.29) is 57.0 Å². The van der Waals surface area contributed by atoms with Crippen LogP contribution < -0.4 is 51.4 Å². The topological polar surface area (TPSA) is 83.5 Å². The van der Waals surface area contributed by atoms with Crippen molar-refractivity contribution in [3.05, 3.63) is 12.2 Å². The van der Waals surface area contributed by atoms with Crippen LogP contribution in [0.15, 0.2) is 12.2 Å². The van der Waals surface area contributed by atoms with Crippen molar-refractivity contribution in [1.82, 2.24) is 0 Å². The van der Waals surface area contributed by atoms with Crippen LogP contribution >= 0.6 is 0 Å². The maximum Gasteiger partial charge on any atom is 1.00 e. The van der Waals surface area contributed by atoms with Crippen LogP contribution in [0.25, 0.3) is 0 Å². The third kappa shape index (κ3) is 5.01. The fraction of sp³-hybridized carbons (Fsp3) is 0.571. The Morgan fingerprint density at radius 2 is 1.79 bits per heavy atom. The Balaban J connectivity index is 0. The second-order valence-corrected chi connectivity index (χ2v) is 4.92. The fourth-order valence-electron chi connectivity index (χ4n) is 0.361. The van der Waals surface area contributed by atoms with Crippen LogP contribution in [0.3, 0.4) is 0 Å². The summed E-state index contributed by atoms with van der Waals surface area (Å²) in [5, 5.41) is 0. The summed E-state index contributed by atoms with van der Waals surface area (Å²) < 4.78 is 36.1. The second-order valence-electron chi connectivity index (χ2n) is 3.02. The SMILES string of the molecule is C=C(C)C(=O)OC(C)(C)S(=O)(=O)[O-].[K+]. The van der Waals surface area contributed by atoms with Crippen molar-refractivity contribution in [3.63, 3.8) is 0 Å². The van der Waals surface area contributed by atoms with Crippen molar-refractivity contribution in [2.24, 2.45) is 0 Å². The average Bonchev–Trinajstić information content (AvgIpc) is 1.83. The molecule has 0 radical (unpaired) electrons. The first kappa shape index (κ1) is 17.2. The summed E-state index contributed by atoms with van der Waals surface area (Å²) in [7, 11) is -4.67. The van der Waals surface area contributed by atoms with Crippen LogP contribution in [0.2, 0.25) is 0 Å². The molecule has 0 heterocycles. The van der Waals surface area contributed by atoms with Crippen molar-refractivity contribution in [3.8, 4) is 0 Å². The number of carbonyl (C=O) groups excluding carboxylic acids is 1. The van der Waals surface area contributed by atoms with E-state index in [1.165, 1.54) is 6.92 Å². The Kier molecular flexibility index (Phi) is 7.03. The van der Waals surface area contributed by atoms with Gasteiger partial charge in [0.1, 0.15) is 10.1 Å². The van der Waals surface area contributed by atoms with Gasteiger partial charge in [0.15, 0.2) is 4.93 Å². The van der Waals surface area contributed by atoms with Gasteiger partial charge in [-0.15, -0.1) is 0 Å². The molecule has 0 bridgehead atoms. The zero-order valence-electron chi connectivity index (χ0n) is 8.66. The third-order valence-electron chi connectivity index (χ3n) is 1.29. The van der Waals surface area contributed by atoms with Crippen molar-refractivity contribution >= 4 is 16.1 Å². The molecule has 0 N–H and O–H groups in total. The maximum absolute atomic E-state index is 10.9. The molecule has 5 nitrogen and oxygen atoms in total. The van der Waals surface area contributed by atoms with Crippen LogP contribution in [-0.2, 0) is 19.6 Å². The van der Waals surface area contributed by atoms with Crippen LogP contribution in [0.5, 0.6) is 0 Å². The van der Waals surface area contributed by atoms with E-state index < -0.39 is 21.0 Å². The summed E-state index contributed by atoms with van der Waals surface area (Å²) in [6.45, 7) is 6.63. The minimum absolute atomic E-state index is 0. The van der Waals surface area contributed by atoms with Gasteiger partial charge in [0, 0.05) is 5.57 Å². The predicted molar refractivity (Wildman–Crippen MR) is 44.7 cm³/mol. The van der Waals surface area contributed by atoms with E-state index in [0.29, 0.717) is 0 Å². The van der Waals surface area contributed by atoms with E-state index in [9.17, 15) is 17.8 Å². The zero-order chi connectivity index (χ0) is 10.9. The van der Waals surface area contributed by atoms with Crippen LogP contribution in [0.1, 0.15) is 20.8 Å². The number of rotatable bonds is 3. The van der Waals surface area contributed by atoms with Gasteiger partial charge in [-0.25, -0.2) is 13.2 Å². The van der Waals surface area contributed by atoms with E-state index >= 15 is 0 Å². The van der Waals surface area contributed by atoms with Gasteiger partial charge in [-0.3, -0.25) is 0 Å². The van der Waals surface area contributed by atoms with Crippen molar-refractivity contribution in [1.29, 1.82) is 0 Å².